The molecule has 10 nitrogen and oxygen atoms in total. The molecule has 7 aromatic heterocycles. The zero-order chi connectivity index (χ0) is 36.4. The number of rotatable bonds is 0. The summed E-state index contributed by atoms with van der Waals surface area (Å²) >= 11 is 0. The molecule has 0 atom stereocenters. The Morgan fingerprint density at radius 2 is 0.636 bits per heavy atom. The summed E-state index contributed by atoms with van der Waals surface area (Å²) in [6.45, 7) is 0. The van der Waals surface area contributed by atoms with Crippen LogP contribution in [0.15, 0.2) is 146 Å². The maximum absolute atomic E-state index is 9.27. The van der Waals surface area contributed by atoms with Crippen molar-refractivity contribution in [1.29, 1.82) is 10.5 Å². The first-order valence-electron chi connectivity index (χ1n) is 16.9. The van der Waals surface area contributed by atoms with E-state index in [1.165, 1.54) is 0 Å². The van der Waals surface area contributed by atoms with Gasteiger partial charge in [-0.2, -0.15) is 10.5 Å². The quantitative estimate of drug-likeness (QED) is 0.0826. The van der Waals surface area contributed by atoms with Crippen LogP contribution in [0, 0.1) is 22.7 Å². The van der Waals surface area contributed by atoms with Crippen LogP contribution in [-0.2, 0) is 19.5 Å². The summed E-state index contributed by atoms with van der Waals surface area (Å²) in [7, 11) is 0. The number of nitriles is 2. The van der Waals surface area contributed by atoms with Crippen molar-refractivity contribution in [2.75, 3.05) is 0 Å². The second-order valence-electron chi connectivity index (χ2n) is 12.3. The van der Waals surface area contributed by atoms with Crippen LogP contribution in [0.5, 0.6) is 0 Å². The summed E-state index contributed by atoms with van der Waals surface area (Å²) in [6, 6.07) is 39.1. The molecule has 0 aliphatic carbocycles. The Morgan fingerprint density at radius 3 is 0.945 bits per heavy atom. The Balaban J connectivity index is 0.000000125. The fraction of sp³-hybridized carbons (Fsp3) is 0. The molecule has 0 saturated heterocycles. The number of nitrogens with zero attached hydrogens (tertiary/aromatic N) is 10. The fourth-order valence-corrected chi connectivity index (χ4v) is 6.59. The number of pyridine rings is 6. The van der Waals surface area contributed by atoms with E-state index in [2.05, 4.69) is 78.4 Å². The van der Waals surface area contributed by atoms with Gasteiger partial charge in [0.2, 0.25) is 0 Å². The molecule has 11 aromatic rings. The van der Waals surface area contributed by atoms with Crippen molar-refractivity contribution < 1.29 is 19.5 Å². The van der Waals surface area contributed by atoms with Crippen molar-refractivity contribution in [3.05, 3.63) is 158 Å². The van der Waals surface area contributed by atoms with E-state index in [1.807, 2.05) is 60.7 Å². The van der Waals surface area contributed by atoms with Gasteiger partial charge < -0.3 is 0 Å². The molecule has 7 heterocycles. The predicted molar refractivity (Wildman–Crippen MR) is 211 cm³/mol. The summed E-state index contributed by atoms with van der Waals surface area (Å²) in [4.78, 5) is 35.8. The molecule has 0 N–H and O–H groups in total. The third-order valence-corrected chi connectivity index (χ3v) is 9.08. The van der Waals surface area contributed by atoms with Gasteiger partial charge in [0.15, 0.2) is 0 Å². The molecule has 0 radical (unpaired) electrons. The summed E-state index contributed by atoms with van der Waals surface area (Å²) in [5, 5.41) is 24.8. The zero-order valence-corrected chi connectivity index (χ0v) is 30.4. The monoisotopic (exact) mass is 794 g/mol. The Bertz CT molecular complexity index is 3010. The third kappa shape index (κ3) is 6.36. The van der Waals surface area contributed by atoms with Crippen molar-refractivity contribution >= 4 is 87.5 Å². The van der Waals surface area contributed by atoms with Gasteiger partial charge in [0.05, 0.1) is 66.3 Å². The molecular formula is C44H24N10Ru+2. The molecular weight excluding hydrogens is 770 g/mol. The largest absolute Gasteiger partial charge is 2.00 e. The molecule has 0 aliphatic rings. The average molecular weight is 794 g/mol. The van der Waals surface area contributed by atoms with E-state index >= 15 is 0 Å². The van der Waals surface area contributed by atoms with Gasteiger partial charge in [0.1, 0.15) is 12.1 Å². The van der Waals surface area contributed by atoms with Crippen molar-refractivity contribution in [1.82, 2.24) is 39.9 Å². The van der Waals surface area contributed by atoms with Gasteiger partial charge in [-0.25, -0.2) is 9.97 Å². The van der Waals surface area contributed by atoms with E-state index in [9.17, 15) is 10.5 Å². The van der Waals surface area contributed by atoms with E-state index < -0.39 is 0 Å². The van der Waals surface area contributed by atoms with Crippen molar-refractivity contribution in [3.8, 4) is 12.1 Å². The minimum atomic E-state index is 0. The van der Waals surface area contributed by atoms with E-state index in [1.54, 1.807) is 49.3 Å². The molecule has 0 saturated carbocycles. The number of aromatic nitrogens is 8. The average Bonchev–Trinajstić information content (AvgIpc) is 3.25. The van der Waals surface area contributed by atoms with Crippen LogP contribution in [-0.4, -0.2) is 39.9 Å². The van der Waals surface area contributed by atoms with Crippen molar-refractivity contribution in [2.45, 2.75) is 0 Å². The molecule has 0 amide bonds. The molecule has 0 bridgehead atoms. The Kier molecular flexibility index (Phi) is 9.37. The maximum atomic E-state index is 9.27. The minimum absolute atomic E-state index is 0. The van der Waals surface area contributed by atoms with Crippen LogP contribution in [0.4, 0.5) is 0 Å². The summed E-state index contributed by atoms with van der Waals surface area (Å²) in [5.41, 5.74) is 8.56. The number of benzene rings is 4. The molecule has 4 aromatic carbocycles. The van der Waals surface area contributed by atoms with Crippen molar-refractivity contribution in [3.63, 3.8) is 0 Å². The SMILES string of the molecule is N#Cc1cc2nc3c4cccnc4c4ncccc4c3nc2cc1C#N.[Ru+2].c1cnc2c(c1)ccc1cccnc12.c1cnc2c(c1)ccc1cccnc12. The van der Waals surface area contributed by atoms with Gasteiger partial charge in [-0.15, -0.1) is 0 Å². The molecule has 11 rings (SSSR count). The molecule has 256 valence electrons. The standard InChI is InChI=1S/C20H8N6.2C12H8N2.Ru/c21-9-11-7-15-16(8-12(11)10-22)26-20-14-4-2-6-24-18(14)17-13(19(20)25-15)3-1-5-23-17;2*1-3-9-5-6-10-4-2-8-14-12(10)11(9)13-7-1;/h1-8H;2*1-8H;/q;;;+2. The molecule has 0 aliphatic heterocycles. The Hall–Kier alpha value is -7.46. The number of hydrogen-bond acceptors (Lipinski definition) is 10. The molecule has 0 spiro atoms. The van der Waals surface area contributed by atoms with Crippen LogP contribution in [0.2, 0.25) is 0 Å². The van der Waals surface area contributed by atoms with Gasteiger partial charge in [-0.3, -0.25) is 29.9 Å². The Morgan fingerprint density at radius 1 is 0.345 bits per heavy atom. The van der Waals surface area contributed by atoms with Gasteiger partial charge in [0, 0.05) is 69.5 Å². The molecule has 55 heavy (non-hydrogen) atoms. The van der Waals surface area contributed by atoms with E-state index in [0.29, 0.717) is 33.2 Å². The summed E-state index contributed by atoms with van der Waals surface area (Å²) in [6.07, 6.45) is 10.7. The second kappa shape index (κ2) is 14.9. The van der Waals surface area contributed by atoms with E-state index in [0.717, 1.165) is 65.4 Å². The smallest absolute Gasteiger partial charge is 0.254 e. The van der Waals surface area contributed by atoms with Crippen molar-refractivity contribution in [2.24, 2.45) is 0 Å². The Labute approximate surface area is 325 Å². The zero-order valence-electron chi connectivity index (χ0n) is 28.7. The maximum Gasteiger partial charge on any atom is 2.00 e. The first-order chi connectivity index (χ1) is 26.7. The van der Waals surface area contributed by atoms with Gasteiger partial charge in [-0.1, -0.05) is 48.5 Å². The number of hydrogen-bond donors (Lipinski definition) is 0. The molecule has 11 heteroatoms. The summed E-state index contributed by atoms with van der Waals surface area (Å²) in [5.74, 6) is 0. The number of fused-ring (bicyclic) bond motifs is 13. The second-order valence-corrected chi connectivity index (χ2v) is 12.3. The third-order valence-electron chi connectivity index (χ3n) is 9.08. The van der Waals surface area contributed by atoms with Gasteiger partial charge in [0.25, 0.3) is 0 Å². The van der Waals surface area contributed by atoms with E-state index in [4.69, 9.17) is 9.97 Å². The topological polar surface area (TPSA) is 151 Å². The normalized spacial score (nSPS) is 10.7. The molecule has 0 fully saturated rings. The van der Waals surface area contributed by atoms with Crippen LogP contribution in [0.3, 0.4) is 0 Å². The fourth-order valence-electron chi connectivity index (χ4n) is 6.59. The summed E-state index contributed by atoms with van der Waals surface area (Å²) < 4.78 is 0. The van der Waals surface area contributed by atoms with Gasteiger partial charge in [-0.05, 0) is 60.7 Å². The first kappa shape index (κ1) is 34.6. The van der Waals surface area contributed by atoms with E-state index in [-0.39, 0.29) is 19.5 Å². The van der Waals surface area contributed by atoms with Crippen LogP contribution in [0.25, 0.3) is 87.5 Å². The molecule has 0 unspecified atom stereocenters. The minimum Gasteiger partial charge on any atom is -0.254 e. The van der Waals surface area contributed by atoms with Gasteiger partial charge >= 0.3 is 19.5 Å². The van der Waals surface area contributed by atoms with Crippen LogP contribution >= 0.6 is 0 Å². The first-order valence-corrected chi connectivity index (χ1v) is 16.9. The van der Waals surface area contributed by atoms with Crippen LogP contribution < -0.4 is 0 Å². The predicted octanol–water partition coefficient (Wildman–Crippen LogP) is 9.19. The van der Waals surface area contributed by atoms with Crippen LogP contribution in [0.1, 0.15) is 11.1 Å².